The van der Waals surface area contributed by atoms with Gasteiger partial charge in [-0.05, 0) is 42.2 Å². The average molecular weight is 440 g/mol. The van der Waals surface area contributed by atoms with Gasteiger partial charge < -0.3 is 0 Å². The van der Waals surface area contributed by atoms with Crippen molar-refractivity contribution in [2.45, 2.75) is 42.9 Å². The molecule has 9 heteroatoms. The molecular formula is C22H20N2O6S. The van der Waals surface area contributed by atoms with Crippen LogP contribution in [-0.4, -0.2) is 43.0 Å². The van der Waals surface area contributed by atoms with Crippen LogP contribution < -0.4 is 5.32 Å². The molecule has 160 valence electrons. The van der Waals surface area contributed by atoms with Gasteiger partial charge in [-0.1, -0.05) is 31.2 Å². The van der Waals surface area contributed by atoms with Crippen LogP contribution in [0, 0.1) is 0 Å². The highest BCUT2D eigenvalue weighted by Gasteiger charge is 2.44. The van der Waals surface area contributed by atoms with Gasteiger partial charge in [-0.2, -0.15) is 0 Å². The molecule has 1 unspecified atom stereocenters. The highest BCUT2D eigenvalue weighted by Crippen LogP contribution is 2.29. The van der Waals surface area contributed by atoms with Crippen molar-refractivity contribution in [1.82, 2.24) is 10.2 Å². The predicted octanol–water partition coefficient (Wildman–Crippen LogP) is 1.62. The second kappa shape index (κ2) is 7.73. The van der Waals surface area contributed by atoms with Gasteiger partial charge in [0.25, 0.3) is 11.8 Å². The summed E-state index contributed by atoms with van der Waals surface area (Å²) < 4.78 is 25.9. The third kappa shape index (κ3) is 3.65. The van der Waals surface area contributed by atoms with E-state index in [1.807, 2.05) is 6.92 Å². The van der Waals surface area contributed by atoms with E-state index in [1.165, 1.54) is 18.2 Å². The number of carbonyl (C=O) groups excluding carboxylic acids is 4. The first kappa shape index (κ1) is 20.9. The fourth-order valence-electron chi connectivity index (χ4n) is 4.00. The van der Waals surface area contributed by atoms with Crippen molar-refractivity contribution in [3.8, 4) is 0 Å². The molecule has 2 heterocycles. The van der Waals surface area contributed by atoms with E-state index >= 15 is 0 Å². The van der Waals surface area contributed by atoms with E-state index in [0.29, 0.717) is 17.5 Å². The van der Waals surface area contributed by atoms with Crippen LogP contribution in [-0.2, 0) is 31.6 Å². The van der Waals surface area contributed by atoms with Gasteiger partial charge >= 0.3 is 0 Å². The number of imide groups is 2. The number of hydrogen-bond donors (Lipinski definition) is 1. The molecule has 2 aliphatic rings. The van der Waals surface area contributed by atoms with Crippen molar-refractivity contribution >= 4 is 33.5 Å². The number of nitrogens with one attached hydrogen (secondary N) is 1. The molecule has 4 rings (SSSR count). The van der Waals surface area contributed by atoms with E-state index in [-0.39, 0.29) is 34.6 Å². The first-order chi connectivity index (χ1) is 14.7. The van der Waals surface area contributed by atoms with Gasteiger partial charge in [0, 0.05) is 6.42 Å². The highest BCUT2D eigenvalue weighted by molar-refractivity contribution is 7.90. The van der Waals surface area contributed by atoms with Crippen molar-refractivity contribution in [3.05, 3.63) is 64.7 Å². The molecule has 2 aromatic rings. The monoisotopic (exact) mass is 440 g/mol. The maximum Gasteiger partial charge on any atom is 0.262 e. The number of sulfone groups is 1. The quantitative estimate of drug-likeness (QED) is 0.706. The Morgan fingerprint density at radius 3 is 2.42 bits per heavy atom. The molecule has 0 spiro atoms. The fraction of sp³-hybridized carbons (Fsp3) is 0.273. The summed E-state index contributed by atoms with van der Waals surface area (Å²) in [5, 5.41) is 2.14. The second-order valence-electron chi connectivity index (χ2n) is 7.55. The minimum absolute atomic E-state index is 0.0319. The molecule has 1 N–H and O–H groups in total. The fourth-order valence-corrected chi connectivity index (χ4v) is 5.68. The molecule has 0 saturated carbocycles. The summed E-state index contributed by atoms with van der Waals surface area (Å²) in [5.74, 6) is -2.75. The Kier molecular flexibility index (Phi) is 5.22. The van der Waals surface area contributed by atoms with Crippen molar-refractivity contribution in [2.24, 2.45) is 0 Å². The number of aryl methyl sites for hydroxylation is 1. The Morgan fingerprint density at radius 2 is 1.71 bits per heavy atom. The second-order valence-corrected chi connectivity index (χ2v) is 9.51. The average Bonchev–Trinajstić information content (AvgIpc) is 2.98. The highest BCUT2D eigenvalue weighted by atomic mass is 32.2. The molecule has 0 bridgehead atoms. The summed E-state index contributed by atoms with van der Waals surface area (Å²) in [6.07, 6.45) is 0.656. The third-order valence-corrected chi connectivity index (χ3v) is 7.33. The molecule has 1 fully saturated rings. The van der Waals surface area contributed by atoms with Crippen LogP contribution in [0.15, 0.2) is 47.4 Å². The largest absolute Gasteiger partial charge is 0.295 e. The van der Waals surface area contributed by atoms with E-state index in [4.69, 9.17) is 0 Å². The van der Waals surface area contributed by atoms with Gasteiger partial charge in [0.2, 0.25) is 11.8 Å². The summed E-state index contributed by atoms with van der Waals surface area (Å²) in [4.78, 5) is 50.3. The zero-order valence-electron chi connectivity index (χ0n) is 16.8. The van der Waals surface area contributed by atoms with Crippen LogP contribution in [0.25, 0.3) is 0 Å². The minimum atomic E-state index is -3.66. The van der Waals surface area contributed by atoms with Crippen molar-refractivity contribution < 1.29 is 27.6 Å². The minimum Gasteiger partial charge on any atom is -0.295 e. The Morgan fingerprint density at radius 1 is 1.00 bits per heavy atom. The van der Waals surface area contributed by atoms with Crippen LogP contribution in [0.4, 0.5) is 0 Å². The number of amides is 4. The van der Waals surface area contributed by atoms with Crippen LogP contribution in [0.5, 0.6) is 0 Å². The number of benzene rings is 2. The number of nitrogens with zero attached hydrogens (tertiary/aromatic N) is 1. The van der Waals surface area contributed by atoms with Crippen LogP contribution in [0.2, 0.25) is 0 Å². The van der Waals surface area contributed by atoms with Crippen LogP contribution in [0.3, 0.4) is 0 Å². The lowest BCUT2D eigenvalue weighted by molar-refractivity contribution is -0.136. The number of hydrogen-bond acceptors (Lipinski definition) is 6. The van der Waals surface area contributed by atoms with E-state index in [2.05, 4.69) is 5.32 Å². The third-order valence-electron chi connectivity index (χ3n) is 5.55. The van der Waals surface area contributed by atoms with E-state index in [1.54, 1.807) is 24.3 Å². The van der Waals surface area contributed by atoms with Gasteiger partial charge in [0.15, 0.2) is 9.84 Å². The summed E-state index contributed by atoms with van der Waals surface area (Å²) in [5.41, 5.74) is 1.26. The summed E-state index contributed by atoms with van der Waals surface area (Å²) in [6.45, 7) is 1.87. The summed E-state index contributed by atoms with van der Waals surface area (Å²) >= 11 is 0. The SMILES string of the molecule is CCc1ccccc1S(=O)(=O)Cc1ccc2c(c1)C(=O)N(C1CCC(=O)NC1=O)C2=O. The molecule has 0 aliphatic carbocycles. The number of carbonyl (C=O) groups is 4. The van der Waals surface area contributed by atoms with Gasteiger partial charge in [0.1, 0.15) is 6.04 Å². The standard InChI is InChI=1S/C22H20N2O6S/c1-2-14-5-3-4-6-18(14)31(29,30)12-13-7-8-15-16(11-13)22(28)24(21(15)27)17-9-10-19(25)23-20(17)26/h3-8,11,17H,2,9-10,12H2,1H3,(H,23,25,26). The maximum absolute atomic E-state index is 13.0. The van der Waals surface area contributed by atoms with Crippen molar-refractivity contribution in [2.75, 3.05) is 0 Å². The molecule has 1 atom stereocenters. The number of fused-ring (bicyclic) bond motifs is 1. The van der Waals surface area contributed by atoms with Crippen LogP contribution >= 0.6 is 0 Å². The Labute approximate surface area is 179 Å². The molecule has 8 nitrogen and oxygen atoms in total. The zero-order valence-corrected chi connectivity index (χ0v) is 17.6. The van der Waals surface area contributed by atoms with Gasteiger partial charge in [0.05, 0.1) is 21.8 Å². The topological polar surface area (TPSA) is 118 Å². The maximum atomic E-state index is 13.0. The smallest absolute Gasteiger partial charge is 0.262 e. The van der Waals surface area contributed by atoms with Gasteiger partial charge in [-0.25, -0.2) is 8.42 Å². The number of piperidine rings is 1. The zero-order chi connectivity index (χ0) is 22.3. The molecule has 0 radical (unpaired) electrons. The summed E-state index contributed by atoms with van der Waals surface area (Å²) in [6, 6.07) is 10.0. The Balaban J connectivity index is 1.63. The van der Waals surface area contributed by atoms with E-state index in [0.717, 1.165) is 4.90 Å². The molecule has 1 saturated heterocycles. The van der Waals surface area contributed by atoms with Gasteiger partial charge in [-0.15, -0.1) is 0 Å². The lowest BCUT2D eigenvalue weighted by Gasteiger charge is -2.27. The molecule has 2 aliphatic heterocycles. The molecule has 0 aromatic heterocycles. The molecule has 2 aromatic carbocycles. The Hall–Kier alpha value is -3.33. The molecular weight excluding hydrogens is 420 g/mol. The lowest BCUT2D eigenvalue weighted by atomic mass is 10.0. The summed E-state index contributed by atoms with van der Waals surface area (Å²) in [7, 11) is -3.66. The molecule has 4 amide bonds. The van der Waals surface area contributed by atoms with E-state index in [9.17, 15) is 27.6 Å². The predicted molar refractivity (Wildman–Crippen MR) is 110 cm³/mol. The van der Waals surface area contributed by atoms with Crippen molar-refractivity contribution in [3.63, 3.8) is 0 Å². The van der Waals surface area contributed by atoms with Gasteiger partial charge in [-0.3, -0.25) is 29.4 Å². The first-order valence-corrected chi connectivity index (χ1v) is 11.5. The Bertz CT molecular complexity index is 1230. The molecule has 31 heavy (non-hydrogen) atoms. The normalized spacial score (nSPS) is 18.9. The van der Waals surface area contributed by atoms with E-state index < -0.39 is 39.5 Å². The number of rotatable bonds is 5. The first-order valence-electron chi connectivity index (χ1n) is 9.88. The lowest BCUT2D eigenvalue weighted by Crippen LogP contribution is -2.54. The van der Waals surface area contributed by atoms with Crippen LogP contribution in [0.1, 0.15) is 51.6 Å². The van der Waals surface area contributed by atoms with Crippen molar-refractivity contribution in [1.29, 1.82) is 0 Å².